The van der Waals surface area contributed by atoms with Crippen molar-refractivity contribution in [3.8, 4) is 0 Å². The summed E-state index contributed by atoms with van der Waals surface area (Å²) in [6.07, 6.45) is 2.50. The van der Waals surface area contributed by atoms with Crippen molar-refractivity contribution >= 4 is 11.8 Å². The SMILES string of the molecule is CC(C)(C)c1ccnc(C2CCC(=O)NC2=O)n1. The van der Waals surface area contributed by atoms with Crippen molar-refractivity contribution < 1.29 is 9.59 Å². The molecule has 1 N–H and O–H groups in total. The molecule has 1 fully saturated rings. The molecular formula is C13H17N3O2. The molecule has 96 valence electrons. The van der Waals surface area contributed by atoms with Crippen molar-refractivity contribution in [3.05, 3.63) is 23.8 Å². The van der Waals surface area contributed by atoms with Crippen LogP contribution in [0.3, 0.4) is 0 Å². The number of carbonyl (C=O) groups is 2. The molecule has 0 radical (unpaired) electrons. The van der Waals surface area contributed by atoms with E-state index in [0.29, 0.717) is 18.7 Å². The number of piperidine rings is 1. The Bertz CT molecular complexity index is 491. The van der Waals surface area contributed by atoms with Crippen LogP contribution in [0.2, 0.25) is 0 Å². The highest BCUT2D eigenvalue weighted by atomic mass is 16.2. The number of nitrogens with one attached hydrogen (secondary N) is 1. The van der Waals surface area contributed by atoms with E-state index in [4.69, 9.17) is 0 Å². The molecule has 2 amide bonds. The molecule has 0 aliphatic carbocycles. The number of imide groups is 1. The molecule has 1 aliphatic heterocycles. The number of hydrogen-bond acceptors (Lipinski definition) is 4. The fourth-order valence-corrected chi connectivity index (χ4v) is 1.90. The molecule has 1 aliphatic rings. The summed E-state index contributed by atoms with van der Waals surface area (Å²) in [5.74, 6) is -0.419. The number of carbonyl (C=O) groups excluding carboxylic acids is 2. The molecule has 0 saturated carbocycles. The van der Waals surface area contributed by atoms with Gasteiger partial charge in [0.05, 0.1) is 5.92 Å². The largest absolute Gasteiger partial charge is 0.296 e. The van der Waals surface area contributed by atoms with Crippen molar-refractivity contribution in [1.82, 2.24) is 15.3 Å². The fourth-order valence-electron chi connectivity index (χ4n) is 1.90. The minimum atomic E-state index is -0.412. The monoisotopic (exact) mass is 247 g/mol. The summed E-state index contributed by atoms with van der Waals surface area (Å²) in [6.45, 7) is 6.18. The standard InChI is InChI=1S/C13H17N3O2/c1-13(2,3)9-6-7-14-11(15-9)8-4-5-10(17)16-12(8)18/h6-8H,4-5H2,1-3H3,(H,16,17,18). The van der Waals surface area contributed by atoms with Gasteiger partial charge in [0.25, 0.3) is 0 Å². The van der Waals surface area contributed by atoms with Crippen LogP contribution >= 0.6 is 0 Å². The van der Waals surface area contributed by atoms with Crippen molar-refractivity contribution in [2.75, 3.05) is 0 Å². The summed E-state index contributed by atoms with van der Waals surface area (Å²) >= 11 is 0. The lowest BCUT2D eigenvalue weighted by atomic mass is 9.91. The maximum Gasteiger partial charge on any atom is 0.237 e. The summed E-state index contributed by atoms with van der Waals surface area (Å²) in [7, 11) is 0. The molecule has 1 aromatic heterocycles. The van der Waals surface area contributed by atoms with E-state index in [-0.39, 0.29) is 17.2 Å². The van der Waals surface area contributed by atoms with E-state index in [9.17, 15) is 9.59 Å². The number of aromatic nitrogens is 2. The molecule has 1 saturated heterocycles. The lowest BCUT2D eigenvalue weighted by Crippen LogP contribution is -2.40. The normalized spacial score (nSPS) is 20.7. The molecule has 1 atom stereocenters. The van der Waals surface area contributed by atoms with Gasteiger partial charge in [0.15, 0.2) is 0 Å². The van der Waals surface area contributed by atoms with Gasteiger partial charge >= 0.3 is 0 Å². The molecule has 18 heavy (non-hydrogen) atoms. The van der Waals surface area contributed by atoms with Crippen LogP contribution in [0.1, 0.15) is 51.0 Å². The molecule has 0 aromatic carbocycles. The van der Waals surface area contributed by atoms with Gasteiger partial charge in [-0.15, -0.1) is 0 Å². The third-order valence-electron chi connectivity index (χ3n) is 2.99. The first-order chi connectivity index (χ1) is 8.38. The number of hydrogen-bond donors (Lipinski definition) is 1. The number of amides is 2. The van der Waals surface area contributed by atoms with E-state index in [2.05, 4.69) is 36.1 Å². The molecule has 2 heterocycles. The van der Waals surface area contributed by atoms with Gasteiger partial charge in [-0.05, 0) is 12.5 Å². The maximum absolute atomic E-state index is 11.8. The summed E-state index contributed by atoms with van der Waals surface area (Å²) in [4.78, 5) is 31.5. The zero-order valence-electron chi connectivity index (χ0n) is 10.9. The van der Waals surface area contributed by atoms with Crippen LogP contribution in [0.15, 0.2) is 12.3 Å². The van der Waals surface area contributed by atoms with Crippen LogP contribution in [0.25, 0.3) is 0 Å². The van der Waals surface area contributed by atoms with E-state index in [1.54, 1.807) is 6.20 Å². The Morgan fingerprint density at radius 2 is 2.06 bits per heavy atom. The van der Waals surface area contributed by atoms with Crippen molar-refractivity contribution in [2.24, 2.45) is 0 Å². The van der Waals surface area contributed by atoms with E-state index >= 15 is 0 Å². The zero-order valence-corrected chi connectivity index (χ0v) is 10.9. The molecule has 5 nitrogen and oxygen atoms in total. The summed E-state index contributed by atoms with van der Waals surface area (Å²) in [5.41, 5.74) is 0.816. The second-order valence-corrected chi connectivity index (χ2v) is 5.55. The number of rotatable bonds is 1. The fraction of sp³-hybridized carbons (Fsp3) is 0.538. The molecular weight excluding hydrogens is 230 g/mol. The first-order valence-electron chi connectivity index (χ1n) is 6.05. The lowest BCUT2D eigenvalue weighted by molar-refractivity contribution is -0.134. The average molecular weight is 247 g/mol. The smallest absolute Gasteiger partial charge is 0.237 e. The second kappa shape index (κ2) is 4.48. The van der Waals surface area contributed by atoms with Gasteiger partial charge in [-0.3, -0.25) is 14.9 Å². The predicted octanol–water partition coefficient (Wildman–Crippen LogP) is 1.29. The Balaban J connectivity index is 2.29. The summed E-state index contributed by atoms with van der Waals surface area (Å²) in [5, 5.41) is 2.33. The Morgan fingerprint density at radius 3 is 2.67 bits per heavy atom. The van der Waals surface area contributed by atoms with Gasteiger partial charge in [0.1, 0.15) is 5.82 Å². The quantitative estimate of drug-likeness (QED) is 0.759. The van der Waals surface area contributed by atoms with E-state index in [1.165, 1.54) is 0 Å². The van der Waals surface area contributed by atoms with Crippen LogP contribution in [-0.4, -0.2) is 21.8 Å². The van der Waals surface area contributed by atoms with Crippen molar-refractivity contribution in [1.29, 1.82) is 0 Å². The molecule has 0 spiro atoms. The van der Waals surface area contributed by atoms with E-state index in [0.717, 1.165) is 5.69 Å². The van der Waals surface area contributed by atoms with Gasteiger partial charge in [0.2, 0.25) is 11.8 Å². The molecule has 1 unspecified atom stereocenters. The van der Waals surface area contributed by atoms with Gasteiger partial charge in [-0.2, -0.15) is 0 Å². The minimum Gasteiger partial charge on any atom is -0.296 e. The van der Waals surface area contributed by atoms with Crippen molar-refractivity contribution in [3.63, 3.8) is 0 Å². The van der Waals surface area contributed by atoms with E-state index < -0.39 is 5.92 Å². The van der Waals surface area contributed by atoms with Crippen LogP contribution in [0.4, 0.5) is 0 Å². The van der Waals surface area contributed by atoms with Crippen LogP contribution in [0.5, 0.6) is 0 Å². The maximum atomic E-state index is 11.8. The molecule has 1 aromatic rings. The summed E-state index contributed by atoms with van der Waals surface area (Å²) < 4.78 is 0. The molecule has 5 heteroatoms. The third kappa shape index (κ3) is 2.55. The van der Waals surface area contributed by atoms with Gasteiger partial charge in [-0.1, -0.05) is 20.8 Å². The Kier molecular flexibility index (Phi) is 3.15. The highest BCUT2D eigenvalue weighted by molar-refractivity contribution is 6.00. The summed E-state index contributed by atoms with van der Waals surface area (Å²) in [6, 6.07) is 1.86. The van der Waals surface area contributed by atoms with Gasteiger partial charge in [0, 0.05) is 23.7 Å². The first kappa shape index (κ1) is 12.7. The van der Waals surface area contributed by atoms with Crippen LogP contribution < -0.4 is 5.32 Å². The number of nitrogens with zero attached hydrogens (tertiary/aromatic N) is 2. The zero-order chi connectivity index (χ0) is 13.3. The molecule has 2 rings (SSSR count). The lowest BCUT2D eigenvalue weighted by Gasteiger charge is -2.22. The highest BCUT2D eigenvalue weighted by Crippen LogP contribution is 2.25. The van der Waals surface area contributed by atoms with E-state index in [1.807, 2.05) is 6.07 Å². The Morgan fingerprint density at radius 1 is 1.33 bits per heavy atom. The molecule has 0 bridgehead atoms. The Labute approximate surface area is 106 Å². The second-order valence-electron chi connectivity index (χ2n) is 5.55. The van der Waals surface area contributed by atoms with Crippen LogP contribution in [-0.2, 0) is 15.0 Å². The van der Waals surface area contributed by atoms with Crippen LogP contribution in [0, 0.1) is 0 Å². The Hall–Kier alpha value is -1.78. The average Bonchev–Trinajstić information content (AvgIpc) is 2.28. The van der Waals surface area contributed by atoms with Gasteiger partial charge < -0.3 is 0 Å². The van der Waals surface area contributed by atoms with Crippen molar-refractivity contribution in [2.45, 2.75) is 44.9 Å². The van der Waals surface area contributed by atoms with Gasteiger partial charge in [-0.25, -0.2) is 9.97 Å². The topological polar surface area (TPSA) is 72.0 Å². The highest BCUT2D eigenvalue weighted by Gasteiger charge is 2.30. The third-order valence-corrected chi connectivity index (χ3v) is 2.99. The first-order valence-corrected chi connectivity index (χ1v) is 6.05. The predicted molar refractivity (Wildman–Crippen MR) is 65.9 cm³/mol. The minimum absolute atomic E-state index is 0.0847.